The van der Waals surface area contributed by atoms with Crippen molar-refractivity contribution in [3.8, 4) is 5.75 Å². The average Bonchev–Trinajstić information content (AvgIpc) is 2.99. The maximum Gasteiger partial charge on any atom is 0.266 e. The van der Waals surface area contributed by atoms with Crippen LogP contribution in [0.25, 0.3) is 0 Å². The topological polar surface area (TPSA) is 88.6 Å². The molecule has 1 aliphatic rings. The second-order valence-electron chi connectivity index (χ2n) is 6.19. The summed E-state index contributed by atoms with van der Waals surface area (Å²) in [5.74, 6) is -0.626. The monoisotopic (exact) mass is 451 g/mol. The second kappa shape index (κ2) is 7.48. The van der Waals surface area contributed by atoms with Crippen molar-refractivity contribution in [1.29, 1.82) is 0 Å². The van der Waals surface area contributed by atoms with E-state index in [0.717, 1.165) is 9.37 Å². The van der Waals surface area contributed by atoms with Gasteiger partial charge in [-0.05, 0) is 58.4 Å². The quantitative estimate of drug-likeness (QED) is 0.607. The number of fused-ring (bicyclic) bond motifs is 1. The highest BCUT2D eigenvalue weighted by molar-refractivity contribution is 9.10. The summed E-state index contributed by atoms with van der Waals surface area (Å²) >= 11 is 3.28. The van der Waals surface area contributed by atoms with E-state index in [-0.39, 0.29) is 16.7 Å². The molecule has 3 amide bonds. The smallest absolute Gasteiger partial charge is 0.266 e. The van der Waals surface area contributed by atoms with Crippen LogP contribution >= 0.6 is 15.9 Å². The molecule has 0 unspecified atom stereocenters. The lowest BCUT2D eigenvalue weighted by molar-refractivity contribution is 0.0924. The molecule has 1 N–H and O–H groups in total. The number of anilines is 2. The summed E-state index contributed by atoms with van der Waals surface area (Å²) in [6.07, 6.45) is 1.56. The highest BCUT2D eigenvalue weighted by atomic mass is 79.9. The van der Waals surface area contributed by atoms with E-state index in [9.17, 15) is 14.4 Å². The van der Waals surface area contributed by atoms with E-state index in [1.807, 2.05) is 0 Å². The number of ether oxygens (including phenoxy) is 1. The van der Waals surface area contributed by atoms with Gasteiger partial charge >= 0.3 is 0 Å². The van der Waals surface area contributed by atoms with Crippen molar-refractivity contribution >= 4 is 45.2 Å². The van der Waals surface area contributed by atoms with Gasteiger partial charge in [-0.2, -0.15) is 0 Å². The number of nitrogens with one attached hydrogen (secondary N) is 1. The zero-order valence-corrected chi connectivity index (χ0v) is 16.8. The van der Waals surface area contributed by atoms with Gasteiger partial charge in [0.15, 0.2) is 0 Å². The third kappa shape index (κ3) is 3.38. The van der Waals surface area contributed by atoms with Gasteiger partial charge in [0, 0.05) is 16.2 Å². The van der Waals surface area contributed by atoms with Gasteiger partial charge in [-0.25, -0.2) is 9.88 Å². The molecule has 0 saturated heterocycles. The molecule has 1 aromatic heterocycles. The van der Waals surface area contributed by atoms with Crippen molar-refractivity contribution in [3.05, 3.63) is 82.0 Å². The minimum atomic E-state index is -0.508. The Balaban J connectivity index is 1.65. The first-order chi connectivity index (χ1) is 14.0. The molecule has 0 spiro atoms. The van der Waals surface area contributed by atoms with E-state index in [1.165, 1.54) is 25.3 Å². The lowest BCUT2D eigenvalue weighted by Gasteiger charge is -2.16. The number of para-hydroxylation sites is 2. The highest BCUT2D eigenvalue weighted by Crippen LogP contribution is 2.34. The van der Waals surface area contributed by atoms with Gasteiger partial charge in [0.1, 0.15) is 11.6 Å². The van der Waals surface area contributed by atoms with Gasteiger partial charge in [0.05, 0.1) is 23.9 Å². The molecule has 4 rings (SSSR count). The van der Waals surface area contributed by atoms with E-state index in [4.69, 9.17) is 4.74 Å². The normalized spacial score (nSPS) is 12.7. The van der Waals surface area contributed by atoms with Gasteiger partial charge in [0.25, 0.3) is 17.7 Å². The van der Waals surface area contributed by atoms with Crippen LogP contribution in [0, 0.1) is 0 Å². The molecule has 7 nitrogen and oxygen atoms in total. The summed E-state index contributed by atoms with van der Waals surface area (Å²) in [5, 5.41) is 2.66. The molecule has 2 heterocycles. The van der Waals surface area contributed by atoms with Crippen LogP contribution < -0.4 is 15.0 Å². The summed E-state index contributed by atoms with van der Waals surface area (Å²) in [7, 11) is 1.47. The molecule has 0 bridgehead atoms. The van der Waals surface area contributed by atoms with Gasteiger partial charge < -0.3 is 10.1 Å². The Labute approximate surface area is 174 Å². The number of carbonyl (C=O) groups excluding carboxylic acids is 3. The summed E-state index contributed by atoms with van der Waals surface area (Å²) < 4.78 is 6.06. The first-order valence-corrected chi connectivity index (χ1v) is 9.37. The van der Waals surface area contributed by atoms with Gasteiger partial charge in [0.2, 0.25) is 0 Å². The number of hydrogen-bond donors (Lipinski definition) is 1. The Morgan fingerprint density at radius 3 is 2.52 bits per heavy atom. The third-order valence-electron chi connectivity index (χ3n) is 4.44. The van der Waals surface area contributed by atoms with Crippen molar-refractivity contribution < 1.29 is 19.1 Å². The molecule has 144 valence electrons. The van der Waals surface area contributed by atoms with Crippen LogP contribution in [0.5, 0.6) is 5.75 Å². The lowest BCUT2D eigenvalue weighted by atomic mass is 10.1. The van der Waals surface area contributed by atoms with Crippen molar-refractivity contribution in [2.75, 3.05) is 17.3 Å². The average molecular weight is 452 g/mol. The molecule has 0 radical (unpaired) electrons. The summed E-state index contributed by atoms with van der Waals surface area (Å²) in [6, 6.07) is 14.6. The van der Waals surface area contributed by atoms with Crippen LogP contribution in [-0.4, -0.2) is 29.8 Å². The Kier molecular flexibility index (Phi) is 4.85. The first-order valence-electron chi connectivity index (χ1n) is 8.58. The number of hydrogen-bond acceptors (Lipinski definition) is 5. The predicted molar refractivity (Wildman–Crippen MR) is 110 cm³/mol. The number of nitrogens with zero attached hydrogens (tertiary/aromatic N) is 2. The minimum absolute atomic E-state index is 0.164. The summed E-state index contributed by atoms with van der Waals surface area (Å²) in [6.45, 7) is 0. The number of methoxy groups -OCH3 is 1. The van der Waals surface area contributed by atoms with E-state index < -0.39 is 17.7 Å². The zero-order chi connectivity index (χ0) is 20.5. The third-order valence-corrected chi connectivity index (χ3v) is 4.91. The van der Waals surface area contributed by atoms with Crippen LogP contribution in [0.2, 0.25) is 0 Å². The standard InChI is InChI=1S/C21H14BrN3O4/c1-29-17-5-3-2-4-16(17)25-20(27)14-8-6-12(10-15(14)21(25)28)19(26)24-18-9-7-13(22)11-23-18/h2-11H,1H3,(H,23,24,26). The van der Waals surface area contributed by atoms with E-state index >= 15 is 0 Å². The molecule has 29 heavy (non-hydrogen) atoms. The molecule has 8 heteroatoms. The number of rotatable bonds is 4. The van der Waals surface area contributed by atoms with Crippen LogP contribution in [0.15, 0.2) is 65.3 Å². The predicted octanol–water partition coefficient (Wildman–Crippen LogP) is 3.91. The fourth-order valence-corrected chi connectivity index (χ4v) is 3.29. The molecular weight excluding hydrogens is 438 g/mol. The molecular formula is C21H14BrN3O4. The Morgan fingerprint density at radius 1 is 1.03 bits per heavy atom. The number of imide groups is 1. The summed E-state index contributed by atoms with van der Waals surface area (Å²) in [4.78, 5) is 43.5. The first kappa shape index (κ1) is 18.8. The van der Waals surface area contributed by atoms with Crippen LogP contribution in [-0.2, 0) is 0 Å². The van der Waals surface area contributed by atoms with Gasteiger partial charge in [-0.1, -0.05) is 12.1 Å². The fourth-order valence-electron chi connectivity index (χ4n) is 3.05. The number of aromatic nitrogens is 1. The zero-order valence-electron chi connectivity index (χ0n) is 15.2. The maximum atomic E-state index is 12.9. The largest absolute Gasteiger partial charge is 0.495 e. The van der Waals surface area contributed by atoms with E-state index in [1.54, 1.807) is 42.6 Å². The number of amides is 3. The molecule has 3 aromatic rings. The maximum absolute atomic E-state index is 12.9. The van der Waals surface area contributed by atoms with E-state index in [2.05, 4.69) is 26.2 Å². The second-order valence-corrected chi connectivity index (χ2v) is 7.11. The molecule has 0 aliphatic carbocycles. The minimum Gasteiger partial charge on any atom is -0.495 e. The summed E-state index contributed by atoms with van der Waals surface area (Å²) in [5.41, 5.74) is 0.999. The Bertz CT molecular complexity index is 1140. The van der Waals surface area contributed by atoms with Crippen molar-refractivity contribution in [1.82, 2.24) is 4.98 Å². The molecule has 0 saturated carbocycles. The van der Waals surface area contributed by atoms with Crippen LogP contribution in [0.4, 0.5) is 11.5 Å². The number of pyridine rings is 1. The SMILES string of the molecule is COc1ccccc1N1C(=O)c2ccc(C(=O)Nc3ccc(Br)cn3)cc2C1=O. The molecule has 2 aromatic carbocycles. The van der Waals surface area contributed by atoms with Gasteiger partial charge in [-0.15, -0.1) is 0 Å². The van der Waals surface area contributed by atoms with Crippen molar-refractivity contribution in [3.63, 3.8) is 0 Å². The highest BCUT2D eigenvalue weighted by Gasteiger charge is 2.38. The van der Waals surface area contributed by atoms with Crippen LogP contribution in [0.3, 0.4) is 0 Å². The molecule has 0 atom stereocenters. The number of carbonyl (C=O) groups is 3. The Morgan fingerprint density at radius 2 is 1.79 bits per heavy atom. The van der Waals surface area contributed by atoms with Crippen LogP contribution in [0.1, 0.15) is 31.1 Å². The number of halogens is 1. The molecule has 1 aliphatic heterocycles. The fraction of sp³-hybridized carbons (Fsp3) is 0.0476. The van der Waals surface area contributed by atoms with Crippen molar-refractivity contribution in [2.45, 2.75) is 0 Å². The molecule has 0 fully saturated rings. The van der Waals surface area contributed by atoms with Gasteiger partial charge in [-0.3, -0.25) is 14.4 Å². The van der Waals surface area contributed by atoms with Crippen molar-refractivity contribution in [2.24, 2.45) is 0 Å². The lowest BCUT2D eigenvalue weighted by Crippen LogP contribution is -2.29. The Hall–Kier alpha value is -3.52. The van der Waals surface area contributed by atoms with E-state index in [0.29, 0.717) is 17.3 Å². The number of benzene rings is 2.